The summed E-state index contributed by atoms with van der Waals surface area (Å²) in [6.45, 7) is 3.86. The Morgan fingerprint density at radius 3 is 2.54 bits per heavy atom. The van der Waals surface area contributed by atoms with Gasteiger partial charge in [-0.05, 0) is 13.0 Å². The molecule has 0 aliphatic carbocycles. The van der Waals surface area contributed by atoms with E-state index in [0.29, 0.717) is 38.5 Å². The lowest BCUT2D eigenvalue weighted by atomic mass is 10.2. The first-order chi connectivity index (χ1) is 11.5. The summed E-state index contributed by atoms with van der Waals surface area (Å²) >= 11 is 0. The molecule has 1 aromatic rings. The number of non-ortho nitro benzene ring substituents is 1. The van der Waals surface area contributed by atoms with Crippen molar-refractivity contribution in [3.8, 4) is 0 Å². The van der Waals surface area contributed by atoms with Crippen molar-refractivity contribution in [2.75, 3.05) is 44.6 Å². The van der Waals surface area contributed by atoms with E-state index < -0.39 is 4.92 Å². The molecule has 0 unspecified atom stereocenters. The lowest BCUT2D eigenvalue weighted by molar-refractivity contribution is -0.384. The third-order valence-corrected chi connectivity index (χ3v) is 3.66. The maximum atomic E-state index is 12.2. The summed E-state index contributed by atoms with van der Waals surface area (Å²) in [4.78, 5) is 37.3. The predicted molar refractivity (Wildman–Crippen MR) is 86.8 cm³/mol. The minimum absolute atomic E-state index is 0.0319. The Bertz CT molecular complexity index is 614. The summed E-state index contributed by atoms with van der Waals surface area (Å²) < 4.78 is 4.93. The van der Waals surface area contributed by atoms with Gasteiger partial charge < -0.3 is 19.9 Å². The average molecular weight is 336 g/mol. The van der Waals surface area contributed by atoms with E-state index in [1.807, 2.05) is 0 Å². The maximum Gasteiger partial charge on any atom is 0.409 e. The fourth-order valence-corrected chi connectivity index (χ4v) is 2.37. The largest absolute Gasteiger partial charge is 0.450 e. The number of piperazine rings is 1. The summed E-state index contributed by atoms with van der Waals surface area (Å²) in [7, 11) is 0. The van der Waals surface area contributed by atoms with Gasteiger partial charge in [0.15, 0.2) is 0 Å². The molecule has 0 radical (unpaired) electrons. The normalized spacial score (nSPS) is 14.2. The van der Waals surface area contributed by atoms with Crippen molar-refractivity contribution in [2.45, 2.75) is 6.92 Å². The van der Waals surface area contributed by atoms with Crippen molar-refractivity contribution in [3.05, 3.63) is 34.4 Å². The van der Waals surface area contributed by atoms with Crippen LogP contribution in [0.15, 0.2) is 24.3 Å². The van der Waals surface area contributed by atoms with Gasteiger partial charge in [-0.1, -0.05) is 6.07 Å². The molecule has 1 N–H and O–H groups in total. The van der Waals surface area contributed by atoms with Crippen LogP contribution in [0.25, 0.3) is 0 Å². The first-order valence-electron chi connectivity index (χ1n) is 7.69. The molecule has 0 saturated carbocycles. The van der Waals surface area contributed by atoms with E-state index in [2.05, 4.69) is 5.32 Å². The highest BCUT2D eigenvalue weighted by Gasteiger charge is 2.24. The van der Waals surface area contributed by atoms with Crippen LogP contribution in [0.1, 0.15) is 6.92 Å². The van der Waals surface area contributed by atoms with Crippen molar-refractivity contribution < 1.29 is 19.2 Å². The van der Waals surface area contributed by atoms with Crippen LogP contribution in [-0.2, 0) is 9.53 Å². The van der Waals surface area contributed by atoms with E-state index in [-0.39, 0.29) is 24.2 Å². The van der Waals surface area contributed by atoms with E-state index in [9.17, 15) is 19.7 Å². The molecular weight excluding hydrogens is 316 g/mol. The summed E-state index contributed by atoms with van der Waals surface area (Å²) in [6, 6.07) is 6.00. The fraction of sp³-hybridized carbons (Fsp3) is 0.467. The number of nitrogens with one attached hydrogen (secondary N) is 1. The Morgan fingerprint density at radius 2 is 1.92 bits per heavy atom. The van der Waals surface area contributed by atoms with Gasteiger partial charge >= 0.3 is 6.09 Å². The van der Waals surface area contributed by atoms with Gasteiger partial charge in [-0.25, -0.2) is 4.79 Å². The summed E-state index contributed by atoms with van der Waals surface area (Å²) in [5, 5.41) is 13.6. The van der Waals surface area contributed by atoms with Gasteiger partial charge in [-0.2, -0.15) is 0 Å². The number of amides is 2. The van der Waals surface area contributed by atoms with Crippen molar-refractivity contribution >= 4 is 23.4 Å². The number of rotatable bonds is 5. The van der Waals surface area contributed by atoms with E-state index >= 15 is 0 Å². The summed E-state index contributed by atoms with van der Waals surface area (Å²) in [5.74, 6) is -0.120. The number of ether oxygens (including phenoxy) is 1. The molecule has 9 nitrogen and oxygen atoms in total. The number of anilines is 1. The lowest BCUT2D eigenvalue weighted by Gasteiger charge is -2.34. The van der Waals surface area contributed by atoms with Crippen molar-refractivity contribution in [2.24, 2.45) is 0 Å². The van der Waals surface area contributed by atoms with E-state index in [0.717, 1.165) is 0 Å². The van der Waals surface area contributed by atoms with Crippen LogP contribution in [0, 0.1) is 10.1 Å². The SMILES string of the molecule is CCOC(=O)N1CCN(C(=O)CNc2cccc([N+](=O)[O-])c2)CC1. The molecule has 9 heteroatoms. The predicted octanol–water partition coefficient (Wildman–Crippen LogP) is 1.31. The molecule has 130 valence electrons. The Morgan fingerprint density at radius 1 is 1.25 bits per heavy atom. The van der Waals surface area contributed by atoms with E-state index in [1.165, 1.54) is 12.1 Å². The second-order valence-corrected chi connectivity index (χ2v) is 5.23. The third-order valence-electron chi connectivity index (χ3n) is 3.66. The van der Waals surface area contributed by atoms with Crippen LogP contribution >= 0.6 is 0 Å². The zero-order chi connectivity index (χ0) is 17.5. The molecule has 2 rings (SSSR count). The third kappa shape index (κ3) is 4.58. The molecule has 1 fully saturated rings. The van der Waals surface area contributed by atoms with Gasteiger partial charge in [0, 0.05) is 44.0 Å². The number of carbonyl (C=O) groups excluding carboxylic acids is 2. The highest BCUT2D eigenvalue weighted by atomic mass is 16.6. The van der Waals surface area contributed by atoms with Crippen molar-refractivity contribution in [3.63, 3.8) is 0 Å². The van der Waals surface area contributed by atoms with Gasteiger partial charge in [0.2, 0.25) is 5.91 Å². The van der Waals surface area contributed by atoms with E-state index in [1.54, 1.807) is 28.9 Å². The molecule has 0 aromatic heterocycles. The molecule has 1 aromatic carbocycles. The van der Waals surface area contributed by atoms with Gasteiger partial charge in [-0.15, -0.1) is 0 Å². The quantitative estimate of drug-likeness (QED) is 0.642. The van der Waals surface area contributed by atoms with Gasteiger partial charge in [0.1, 0.15) is 0 Å². The summed E-state index contributed by atoms with van der Waals surface area (Å²) in [6.07, 6.45) is -0.362. The number of benzene rings is 1. The zero-order valence-electron chi connectivity index (χ0n) is 13.4. The highest BCUT2D eigenvalue weighted by molar-refractivity contribution is 5.81. The van der Waals surface area contributed by atoms with Crippen molar-refractivity contribution in [1.29, 1.82) is 0 Å². The Labute approximate surface area is 139 Å². The molecule has 1 saturated heterocycles. The van der Waals surface area contributed by atoms with Crippen LogP contribution in [0.3, 0.4) is 0 Å². The van der Waals surface area contributed by atoms with Crippen molar-refractivity contribution in [1.82, 2.24) is 9.80 Å². The standard InChI is InChI=1S/C15H20N4O5/c1-2-24-15(21)18-8-6-17(7-9-18)14(20)11-16-12-4-3-5-13(10-12)19(22)23/h3-5,10,16H,2,6-9,11H2,1H3. The second-order valence-electron chi connectivity index (χ2n) is 5.23. The fourth-order valence-electron chi connectivity index (χ4n) is 2.37. The molecule has 2 amide bonds. The number of hydrogen-bond acceptors (Lipinski definition) is 6. The highest BCUT2D eigenvalue weighted by Crippen LogP contribution is 2.16. The van der Waals surface area contributed by atoms with Crippen LogP contribution in [0.5, 0.6) is 0 Å². The number of nitro groups is 1. The molecule has 0 bridgehead atoms. The Hall–Kier alpha value is -2.84. The monoisotopic (exact) mass is 336 g/mol. The smallest absolute Gasteiger partial charge is 0.409 e. The minimum Gasteiger partial charge on any atom is -0.450 e. The molecule has 1 aliphatic rings. The number of nitro benzene ring substituents is 1. The summed E-state index contributed by atoms with van der Waals surface area (Å²) in [5.41, 5.74) is 0.484. The molecule has 0 spiro atoms. The van der Waals surface area contributed by atoms with E-state index in [4.69, 9.17) is 4.74 Å². The van der Waals surface area contributed by atoms with Crippen LogP contribution in [0.4, 0.5) is 16.2 Å². The molecular formula is C15H20N4O5. The van der Waals surface area contributed by atoms with Crippen LogP contribution < -0.4 is 5.32 Å². The first-order valence-corrected chi connectivity index (χ1v) is 7.69. The molecule has 0 atom stereocenters. The average Bonchev–Trinajstić information content (AvgIpc) is 2.60. The van der Waals surface area contributed by atoms with Crippen LogP contribution in [-0.4, -0.2) is 66.1 Å². The Kier molecular flexibility index (Phi) is 5.94. The van der Waals surface area contributed by atoms with Gasteiger partial charge in [0.25, 0.3) is 5.69 Å². The minimum atomic E-state index is -0.485. The van der Waals surface area contributed by atoms with Gasteiger partial charge in [0.05, 0.1) is 18.1 Å². The van der Waals surface area contributed by atoms with Gasteiger partial charge in [-0.3, -0.25) is 14.9 Å². The van der Waals surface area contributed by atoms with Crippen LogP contribution in [0.2, 0.25) is 0 Å². The zero-order valence-corrected chi connectivity index (χ0v) is 13.4. The lowest BCUT2D eigenvalue weighted by Crippen LogP contribution is -2.51. The molecule has 1 heterocycles. The molecule has 1 aliphatic heterocycles. The number of carbonyl (C=O) groups is 2. The first kappa shape index (κ1) is 17.5. The number of hydrogen-bond donors (Lipinski definition) is 1. The molecule has 24 heavy (non-hydrogen) atoms. The Balaban J connectivity index is 1.81. The topological polar surface area (TPSA) is 105 Å². The second kappa shape index (κ2) is 8.14. The maximum absolute atomic E-state index is 12.2. The number of nitrogens with zero attached hydrogens (tertiary/aromatic N) is 3.